The van der Waals surface area contributed by atoms with Crippen molar-refractivity contribution < 1.29 is 9.47 Å². The Morgan fingerprint density at radius 1 is 1.20 bits per heavy atom. The molecule has 2 N–H and O–H groups in total. The van der Waals surface area contributed by atoms with E-state index in [-0.39, 0.29) is 6.04 Å². The Bertz CT molecular complexity index is 424. The quantitative estimate of drug-likeness (QED) is 0.832. The van der Waals surface area contributed by atoms with Crippen LogP contribution in [-0.4, -0.2) is 38.8 Å². The van der Waals surface area contributed by atoms with E-state index in [1.165, 1.54) is 12.8 Å². The highest BCUT2D eigenvalue weighted by atomic mass is 16.5. The van der Waals surface area contributed by atoms with Crippen LogP contribution in [0, 0.1) is 5.92 Å². The molecule has 0 aliphatic heterocycles. The summed E-state index contributed by atoms with van der Waals surface area (Å²) in [5.74, 6) is 2.44. The highest BCUT2D eigenvalue weighted by Crippen LogP contribution is 2.38. The topological polar surface area (TPSA) is 47.7 Å². The summed E-state index contributed by atoms with van der Waals surface area (Å²) in [6, 6.07) is 6.74. The smallest absolute Gasteiger partial charge is 0.122 e. The van der Waals surface area contributed by atoms with Gasteiger partial charge in [0.2, 0.25) is 0 Å². The highest BCUT2D eigenvalue weighted by Gasteiger charge is 2.33. The van der Waals surface area contributed by atoms with Crippen LogP contribution >= 0.6 is 0 Å². The molecule has 2 atom stereocenters. The van der Waals surface area contributed by atoms with Crippen LogP contribution in [0.25, 0.3) is 0 Å². The number of ether oxygens (including phenoxy) is 2. The fourth-order valence-electron chi connectivity index (χ4n) is 2.75. The van der Waals surface area contributed by atoms with E-state index in [2.05, 4.69) is 31.0 Å². The van der Waals surface area contributed by atoms with Crippen LogP contribution in [0.5, 0.6) is 11.5 Å². The molecule has 4 nitrogen and oxygen atoms in total. The maximum Gasteiger partial charge on any atom is 0.122 e. The van der Waals surface area contributed by atoms with E-state index in [0.29, 0.717) is 12.6 Å². The Hall–Kier alpha value is -1.26. The predicted molar refractivity (Wildman–Crippen MR) is 81.3 cm³/mol. The Labute approximate surface area is 121 Å². The second-order valence-corrected chi connectivity index (χ2v) is 5.64. The fraction of sp³-hybridized carbons (Fsp3) is 0.625. The Morgan fingerprint density at radius 2 is 1.75 bits per heavy atom. The first kappa shape index (κ1) is 15.1. The van der Waals surface area contributed by atoms with Gasteiger partial charge in [-0.3, -0.25) is 4.90 Å². The van der Waals surface area contributed by atoms with E-state index >= 15 is 0 Å². The van der Waals surface area contributed by atoms with Crippen molar-refractivity contribution >= 4 is 0 Å². The van der Waals surface area contributed by atoms with Crippen molar-refractivity contribution in [1.82, 2.24) is 4.90 Å². The van der Waals surface area contributed by atoms with E-state index in [4.69, 9.17) is 15.2 Å². The number of hydrogen-bond acceptors (Lipinski definition) is 4. The summed E-state index contributed by atoms with van der Waals surface area (Å²) in [7, 11) is 5.51. The number of benzene rings is 1. The second-order valence-electron chi connectivity index (χ2n) is 5.64. The van der Waals surface area contributed by atoms with Crippen molar-refractivity contribution in [2.45, 2.75) is 31.8 Å². The van der Waals surface area contributed by atoms with Gasteiger partial charge in [-0.25, -0.2) is 0 Å². The van der Waals surface area contributed by atoms with Crippen LogP contribution in [0.4, 0.5) is 0 Å². The number of methoxy groups -OCH3 is 2. The van der Waals surface area contributed by atoms with Crippen LogP contribution < -0.4 is 15.2 Å². The molecule has 1 aliphatic rings. The SMILES string of the molecule is COc1cc(OC)cc(C(CN)N(C)C(C)C2CC2)c1. The van der Waals surface area contributed by atoms with Gasteiger partial charge in [0, 0.05) is 24.7 Å². The average molecular weight is 278 g/mol. The lowest BCUT2D eigenvalue weighted by molar-refractivity contribution is 0.171. The number of nitrogens with zero attached hydrogens (tertiary/aromatic N) is 1. The second kappa shape index (κ2) is 6.46. The standard InChI is InChI=1S/C16H26N2O2/c1-11(12-5-6-12)18(2)16(10-17)13-7-14(19-3)9-15(8-13)20-4/h7-9,11-12,16H,5-6,10,17H2,1-4H3. The Balaban J connectivity index is 2.25. The van der Waals surface area contributed by atoms with Gasteiger partial charge in [-0.15, -0.1) is 0 Å². The molecule has 0 heterocycles. The summed E-state index contributed by atoms with van der Waals surface area (Å²) >= 11 is 0. The third-order valence-corrected chi connectivity index (χ3v) is 4.42. The zero-order chi connectivity index (χ0) is 14.7. The number of likely N-dealkylation sites (N-methyl/N-ethyl adjacent to an activating group) is 1. The number of hydrogen-bond donors (Lipinski definition) is 1. The van der Waals surface area contributed by atoms with Gasteiger partial charge in [-0.1, -0.05) is 0 Å². The highest BCUT2D eigenvalue weighted by molar-refractivity contribution is 5.40. The summed E-state index contributed by atoms with van der Waals surface area (Å²) in [5, 5.41) is 0. The van der Waals surface area contributed by atoms with Gasteiger partial charge in [0.1, 0.15) is 11.5 Å². The van der Waals surface area contributed by atoms with Gasteiger partial charge >= 0.3 is 0 Å². The zero-order valence-electron chi connectivity index (χ0n) is 12.9. The fourth-order valence-corrected chi connectivity index (χ4v) is 2.75. The molecule has 0 spiro atoms. The summed E-state index contributed by atoms with van der Waals surface area (Å²) in [6.07, 6.45) is 2.68. The van der Waals surface area contributed by atoms with Gasteiger partial charge in [0.05, 0.1) is 14.2 Å². The molecular formula is C16H26N2O2. The lowest BCUT2D eigenvalue weighted by Gasteiger charge is -2.33. The molecule has 4 heteroatoms. The zero-order valence-corrected chi connectivity index (χ0v) is 12.9. The van der Waals surface area contributed by atoms with E-state index in [1.54, 1.807) is 14.2 Å². The van der Waals surface area contributed by atoms with Gasteiger partial charge in [0.15, 0.2) is 0 Å². The summed E-state index contributed by atoms with van der Waals surface area (Å²) in [5.41, 5.74) is 7.18. The maximum atomic E-state index is 6.02. The third-order valence-electron chi connectivity index (χ3n) is 4.42. The van der Waals surface area contributed by atoms with Gasteiger partial charge in [-0.2, -0.15) is 0 Å². The van der Waals surface area contributed by atoms with E-state index in [9.17, 15) is 0 Å². The van der Waals surface area contributed by atoms with Crippen LogP contribution in [0.2, 0.25) is 0 Å². The molecule has 1 fully saturated rings. The van der Waals surface area contributed by atoms with Crippen molar-refractivity contribution in [3.05, 3.63) is 23.8 Å². The van der Waals surface area contributed by atoms with Gasteiger partial charge in [0.25, 0.3) is 0 Å². The molecule has 112 valence electrons. The third kappa shape index (κ3) is 3.25. The Morgan fingerprint density at radius 3 is 2.15 bits per heavy atom. The van der Waals surface area contributed by atoms with Crippen LogP contribution in [0.1, 0.15) is 31.4 Å². The molecule has 20 heavy (non-hydrogen) atoms. The van der Waals surface area contributed by atoms with Gasteiger partial charge in [-0.05, 0) is 50.4 Å². The minimum atomic E-state index is 0.189. The van der Waals surface area contributed by atoms with E-state index in [0.717, 1.165) is 23.0 Å². The minimum absolute atomic E-state index is 0.189. The largest absolute Gasteiger partial charge is 0.497 e. The molecule has 0 amide bonds. The molecule has 0 aromatic heterocycles. The first-order valence-corrected chi connectivity index (χ1v) is 7.25. The van der Waals surface area contributed by atoms with E-state index in [1.807, 2.05) is 6.07 Å². The average Bonchev–Trinajstić information content (AvgIpc) is 3.31. The molecule has 0 bridgehead atoms. The summed E-state index contributed by atoms with van der Waals surface area (Å²) in [6.45, 7) is 2.88. The monoisotopic (exact) mass is 278 g/mol. The predicted octanol–water partition coefficient (Wildman–Crippen LogP) is 2.43. The first-order chi connectivity index (χ1) is 9.60. The maximum absolute atomic E-state index is 6.02. The van der Waals surface area contributed by atoms with Crippen LogP contribution in [-0.2, 0) is 0 Å². The molecule has 2 rings (SSSR count). The van der Waals surface area contributed by atoms with Crippen molar-refractivity contribution in [3.8, 4) is 11.5 Å². The normalized spacial score (nSPS) is 17.9. The molecular weight excluding hydrogens is 252 g/mol. The lowest BCUT2D eigenvalue weighted by Crippen LogP contribution is -2.38. The molecule has 1 saturated carbocycles. The summed E-state index contributed by atoms with van der Waals surface area (Å²) in [4.78, 5) is 2.38. The molecule has 1 aliphatic carbocycles. The van der Waals surface area contributed by atoms with Crippen LogP contribution in [0.15, 0.2) is 18.2 Å². The molecule has 0 radical (unpaired) electrons. The first-order valence-electron chi connectivity index (χ1n) is 7.25. The number of rotatable bonds is 7. The Kier molecular flexibility index (Phi) is 4.89. The molecule has 1 aromatic rings. The molecule has 1 aromatic carbocycles. The minimum Gasteiger partial charge on any atom is -0.497 e. The van der Waals surface area contributed by atoms with Crippen molar-refractivity contribution in [2.75, 3.05) is 27.8 Å². The molecule has 0 saturated heterocycles. The number of nitrogens with two attached hydrogens (primary N) is 1. The lowest BCUT2D eigenvalue weighted by atomic mass is 10.0. The van der Waals surface area contributed by atoms with Crippen molar-refractivity contribution in [3.63, 3.8) is 0 Å². The summed E-state index contributed by atoms with van der Waals surface area (Å²) < 4.78 is 10.7. The van der Waals surface area contributed by atoms with Crippen molar-refractivity contribution in [2.24, 2.45) is 11.7 Å². The molecule has 2 unspecified atom stereocenters. The van der Waals surface area contributed by atoms with Crippen LogP contribution in [0.3, 0.4) is 0 Å². The van der Waals surface area contributed by atoms with E-state index < -0.39 is 0 Å². The van der Waals surface area contributed by atoms with Gasteiger partial charge < -0.3 is 15.2 Å². The van der Waals surface area contributed by atoms with Crippen molar-refractivity contribution in [1.29, 1.82) is 0 Å².